The Morgan fingerprint density at radius 2 is 2.11 bits per heavy atom. The van der Waals surface area contributed by atoms with Gasteiger partial charge in [-0.3, -0.25) is 0 Å². The summed E-state index contributed by atoms with van der Waals surface area (Å²) in [5.74, 6) is 1.73. The Morgan fingerprint density at radius 3 is 2.83 bits per heavy atom. The topological polar surface area (TPSA) is 68.5 Å². The molecule has 0 aromatic carbocycles. The summed E-state index contributed by atoms with van der Waals surface area (Å²) in [6, 6.07) is 2.23. The van der Waals surface area contributed by atoms with Crippen molar-refractivity contribution >= 4 is 0 Å². The van der Waals surface area contributed by atoms with Gasteiger partial charge in [0.2, 0.25) is 0 Å². The normalized spacial score (nSPS) is 11.1. The Balaban J connectivity index is 1.90. The Labute approximate surface area is 106 Å². The van der Waals surface area contributed by atoms with Gasteiger partial charge in [0, 0.05) is 18.8 Å². The van der Waals surface area contributed by atoms with Crippen molar-refractivity contribution in [1.29, 1.82) is 0 Å². The van der Waals surface area contributed by atoms with Gasteiger partial charge in [-0.25, -0.2) is 19.6 Å². The van der Waals surface area contributed by atoms with Gasteiger partial charge in [-0.1, -0.05) is 0 Å². The summed E-state index contributed by atoms with van der Waals surface area (Å²) >= 11 is 0. The predicted molar refractivity (Wildman–Crippen MR) is 67.7 cm³/mol. The lowest BCUT2D eigenvalue weighted by Crippen LogP contribution is -2.19. The van der Waals surface area contributed by atoms with Crippen LogP contribution in [0, 0.1) is 6.92 Å². The largest absolute Gasteiger partial charge is 0.304 e. The van der Waals surface area contributed by atoms with Gasteiger partial charge < -0.3 is 5.32 Å². The highest BCUT2D eigenvalue weighted by atomic mass is 15.4. The second-order valence-electron chi connectivity index (χ2n) is 4.41. The van der Waals surface area contributed by atoms with E-state index < -0.39 is 0 Å². The Bertz CT molecular complexity index is 505. The summed E-state index contributed by atoms with van der Waals surface area (Å²) in [6.07, 6.45) is 3.36. The van der Waals surface area contributed by atoms with Crippen LogP contribution < -0.4 is 5.32 Å². The molecule has 0 unspecified atom stereocenters. The van der Waals surface area contributed by atoms with Gasteiger partial charge >= 0.3 is 0 Å². The van der Waals surface area contributed by atoms with Crippen molar-refractivity contribution in [2.45, 2.75) is 39.9 Å². The van der Waals surface area contributed by atoms with E-state index in [0.29, 0.717) is 19.1 Å². The number of aromatic nitrogens is 5. The van der Waals surface area contributed by atoms with E-state index in [-0.39, 0.29) is 0 Å². The first-order chi connectivity index (χ1) is 8.66. The van der Waals surface area contributed by atoms with E-state index >= 15 is 0 Å². The van der Waals surface area contributed by atoms with Crippen molar-refractivity contribution in [3.05, 3.63) is 35.9 Å². The molecular formula is C12H18N6. The number of hydrogen-bond donors (Lipinski definition) is 1. The van der Waals surface area contributed by atoms with E-state index in [4.69, 9.17) is 0 Å². The number of aryl methyl sites for hydroxylation is 1. The predicted octanol–water partition coefficient (Wildman–Crippen LogP) is 1.25. The molecule has 0 bridgehead atoms. The third kappa shape index (κ3) is 3.10. The van der Waals surface area contributed by atoms with Gasteiger partial charge in [0.25, 0.3) is 0 Å². The van der Waals surface area contributed by atoms with Crippen molar-refractivity contribution in [3.8, 4) is 0 Å². The highest BCUT2D eigenvalue weighted by Crippen LogP contribution is 2.04. The van der Waals surface area contributed by atoms with Crippen LogP contribution in [-0.4, -0.2) is 24.7 Å². The number of rotatable bonds is 5. The van der Waals surface area contributed by atoms with E-state index in [1.807, 2.05) is 17.7 Å². The molecule has 6 nitrogen and oxygen atoms in total. The zero-order chi connectivity index (χ0) is 13.0. The minimum absolute atomic E-state index is 0.325. The van der Waals surface area contributed by atoms with E-state index in [2.05, 4.69) is 39.2 Å². The maximum atomic E-state index is 4.33. The van der Waals surface area contributed by atoms with Crippen LogP contribution in [0.2, 0.25) is 0 Å². The van der Waals surface area contributed by atoms with Gasteiger partial charge in [0.05, 0.1) is 12.2 Å². The van der Waals surface area contributed by atoms with E-state index in [0.717, 1.165) is 17.3 Å². The van der Waals surface area contributed by atoms with Crippen LogP contribution in [0.25, 0.3) is 0 Å². The molecule has 2 aromatic rings. The summed E-state index contributed by atoms with van der Waals surface area (Å²) in [5, 5.41) is 7.51. The maximum absolute atomic E-state index is 4.33. The first-order valence-electron chi connectivity index (χ1n) is 6.04. The molecule has 0 aliphatic heterocycles. The molecular weight excluding hydrogens is 228 g/mol. The zero-order valence-corrected chi connectivity index (χ0v) is 11.0. The molecule has 0 saturated heterocycles. The summed E-state index contributed by atoms with van der Waals surface area (Å²) in [4.78, 5) is 12.6. The molecule has 6 heteroatoms. The average molecular weight is 246 g/mol. The van der Waals surface area contributed by atoms with Gasteiger partial charge in [0.1, 0.15) is 18.0 Å². The highest BCUT2D eigenvalue weighted by Gasteiger charge is 2.06. The number of hydrogen-bond acceptors (Lipinski definition) is 5. The lowest BCUT2D eigenvalue weighted by Gasteiger charge is -2.09. The SMILES string of the molecule is Cc1nccc(CNCc2ncnn2C(C)C)n1. The molecule has 0 saturated carbocycles. The molecule has 0 spiro atoms. The second-order valence-corrected chi connectivity index (χ2v) is 4.41. The molecule has 0 fully saturated rings. The summed E-state index contributed by atoms with van der Waals surface area (Å²) in [5.41, 5.74) is 0.984. The molecule has 18 heavy (non-hydrogen) atoms. The second kappa shape index (κ2) is 5.68. The monoisotopic (exact) mass is 246 g/mol. The summed E-state index contributed by atoms with van der Waals surface area (Å²) < 4.78 is 1.91. The van der Waals surface area contributed by atoms with Gasteiger partial charge in [-0.15, -0.1) is 0 Å². The van der Waals surface area contributed by atoms with Crippen molar-refractivity contribution in [3.63, 3.8) is 0 Å². The third-order valence-corrected chi connectivity index (χ3v) is 2.56. The molecule has 96 valence electrons. The summed E-state index contributed by atoms with van der Waals surface area (Å²) in [6.45, 7) is 7.45. The molecule has 0 radical (unpaired) electrons. The van der Waals surface area contributed by atoms with Crippen LogP contribution >= 0.6 is 0 Å². The highest BCUT2D eigenvalue weighted by molar-refractivity contribution is 5.01. The fourth-order valence-electron chi connectivity index (χ4n) is 1.74. The van der Waals surface area contributed by atoms with Gasteiger partial charge in [-0.2, -0.15) is 5.10 Å². The number of nitrogens with zero attached hydrogens (tertiary/aromatic N) is 5. The van der Waals surface area contributed by atoms with E-state index in [9.17, 15) is 0 Å². The smallest absolute Gasteiger partial charge is 0.141 e. The van der Waals surface area contributed by atoms with Crippen LogP contribution in [0.5, 0.6) is 0 Å². The van der Waals surface area contributed by atoms with E-state index in [1.165, 1.54) is 0 Å². The molecule has 0 amide bonds. The molecule has 0 atom stereocenters. The Morgan fingerprint density at radius 1 is 1.28 bits per heavy atom. The third-order valence-electron chi connectivity index (χ3n) is 2.56. The van der Waals surface area contributed by atoms with Crippen LogP contribution in [0.4, 0.5) is 0 Å². The van der Waals surface area contributed by atoms with Gasteiger partial charge in [0.15, 0.2) is 0 Å². The fourth-order valence-corrected chi connectivity index (χ4v) is 1.74. The quantitative estimate of drug-likeness (QED) is 0.859. The first-order valence-corrected chi connectivity index (χ1v) is 6.04. The Kier molecular flexibility index (Phi) is 3.99. The van der Waals surface area contributed by atoms with Crippen LogP contribution in [0.1, 0.15) is 37.2 Å². The van der Waals surface area contributed by atoms with Crippen molar-refractivity contribution in [2.75, 3.05) is 0 Å². The number of nitrogens with one attached hydrogen (secondary N) is 1. The fraction of sp³-hybridized carbons (Fsp3) is 0.500. The van der Waals surface area contributed by atoms with Gasteiger partial charge in [-0.05, 0) is 26.8 Å². The lowest BCUT2D eigenvalue weighted by atomic mass is 10.3. The molecule has 2 heterocycles. The first kappa shape index (κ1) is 12.6. The van der Waals surface area contributed by atoms with Crippen molar-refractivity contribution in [2.24, 2.45) is 0 Å². The van der Waals surface area contributed by atoms with Crippen LogP contribution in [0.15, 0.2) is 18.6 Å². The van der Waals surface area contributed by atoms with Crippen LogP contribution in [-0.2, 0) is 13.1 Å². The van der Waals surface area contributed by atoms with Crippen molar-refractivity contribution in [1.82, 2.24) is 30.0 Å². The Hall–Kier alpha value is -1.82. The zero-order valence-electron chi connectivity index (χ0n) is 11.0. The minimum atomic E-state index is 0.325. The maximum Gasteiger partial charge on any atom is 0.141 e. The molecule has 1 N–H and O–H groups in total. The molecule has 0 aliphatic carbocycles. The summed E-state index contributed by atoms with van der Waals surface area (Å²) in [7, 11) is 0. The minimum Gasteiger partial charge on any atom is -0.304 e. The van der Waals surface area contributed by atoms with Crippen LogP contribution in [0.3, 0.4) is 0 Å². The lowest BCUT2D eigenvalue weighted by molar-refractivity contribution is 0.489. The molecule has 2 aromatic heterocycles. The standard InChI is InChI=1S/C12H18N6/c1-9(2)18-12(15-8-16-18)7-13-6-11-4-5-14-10(3)17-11/h4-5,8-9,13H,6-7H2,1-3H3. The average Bonchev–Trinajstić information content (AvgIpc) is 2.77. The molecule has 0 aliphatic rings. The van der Waals surface area contributed by atoms with Crippen molar-refractivity contribution < 1.29 is 0 Å². The molecule has 2 rings (SSSR count). The van der Waals surface area contributed by atoms with E-state index in [1.54, 1.807) is 12.5 Å².